The lowest BCUT2D eigenvalue weighted by Gasteiger charge is -2.11. The van der Waals surface area contributed by atoms with E-state index < -0.39 is 0 Å². The van der Waals surface area contributed by atoms with Crippen LogP contribution in [0, 0.1) is 0 Å². The zero-order valence-corrected chi connectivity index (χ0v) is 12.1. The van der Waals surface area contributed by atoms with Crippen molar-refractivity contribution in [2.75, 3.05) is 13.6 Å². The molecule has 1 aromatic carbocycles. The predicted octanol–water partition coefficient (Wildman–Crippen LogP) is 1.93. The number of nitrogens with zero attached hydrogens (tertiary/aromatic N) is 2. The van der Waals surface area contributed by atoms with E-state index in [2.05, 4.69) is 52.2 Å². The maximum Gasteiger partial charge on any atom is 0.191 e. The van der Waals surface area contributed by atoms with Crippen molar-refractivity contribution in [2.24, 2.45) is 12.0 Å². The van der Waals surface area contributed by atoms with Crippen LogP contribution in [0.5, 0.6) is 0 Å². The number of nitrogens with one attached hydrogen (secondary N) is 2. The smallest absolute Gasteiger partial charge is 0.191 e. The van der Waals surface area contributed by atoms with Crippen molar-refractivity contribution in [3.8, 4) is 0 Å². The van der Waals surface area contributed by atoms with E-state index in [0.29, 0.717) is 0 Å². The maximum atomic E-state index is 4.23. The van der Waals surface area contributed by atoms with Gasteiger partial charge in [0, 0.05) is 39.6 Å². The first-order valence-corrected chi connectivity index (χ1v) is 6.87. The Morgan fingerprint density at radius 1 is 1.10 bits per heavy atom. The molecule has 0 unspecified atom stereocenters. The van der Waals surface area contributed by atoms with Gasteiger partial charge in [-0.1, -0.05) is 30.3 Å². The van der Waals surface area contributed by atoms with Crippen molar-refractivity contribution in [3.63, 3.8) is 0 Å². The molecule has 4 nitrogen and oxygen atoms in total. The molecule has 1 heterocycles. The molecule has 0 bridgehead atoms. The molecule has 2 N–H and O–H groups in total. The van der Waals surface area contributed by atoms with E-state index in [1.807, 2.05) is 23.9 Å². The molecule has 0 saturated carbocycles. The van der Waals surface area contributed by atoms with E-state index in [9.17, 15) is 0 Å². The van der Waals surface area contributed by atoms with E-state index in [1.54, 1.807) is 7.05 Å². The Balaban J connectivity index is 1.73. The van der Waals surface area contributed by atoms with Gasteiger partial charge in [-0.05, 0) is 23.6 Å². The van der Waals surface area contributed by atoms with Gasteiger partial charge in [-0.3, -0.25) is 4.99 Å². The SMILES string of the molecule is CN=C(NCCc1ccccc1)NCc1ccn(C)c1. The second-order valence-electron chi connectivity index (χ2n) is 4.77. The van der Waals surface area contributed by atoms with E-state index in [0.717, 1.165) is 25.5 Å². The van der Waals surface area contributed by atoms with Crippen LogP contribution in [0.15, 0.2) is 53.8 Å². The van der Waals surface area contributed by atoms with Gasteiger partial charge >= 0.3 is 0 Å². The first-order valence-electron chi connectivity index (χ1n) is 6.87. The third kappa shape index (κ3) is 4.46. The largest absolute Gasteiger partial charge is 0.357 e. The lowest BCUT2D eigenvalue weighted by Crippen LogP contribution is -2.37. The van der Waals surface area contributed by atoms with Crippen LogP contribution in [0.2, 0.25) is 0 Å². The summed E-state index contributed by atoms with van der Waals surface area (Å²) in [6, 6.07) is 12.6. The fourth-order valence-corrected chi connectivity index (χ4v) is 2.04. The number of aliphatic imine (C=N–C) groups is 1. The van der Waals surface area contributed by atoms with Crippen LogP contribution in [0.25, 0.3) is 0 Å². The lowest BCUT2D eigenvalue weighted by molar-refractivity contribution is 0.792. The second kappa shape index (κ2) is 7.38. The lowest BCUT2D eigenvalue weighted by atomic mass is 10.1. The Hall–Kier alpha value is -2.23. The zero-order chi connectivity index (χ0) is 14.2. The molecule has 2 aromatic rings. The highest BCUT2D eigenvalue weighted by atomic mass is 15.2. The number of guanidine groups is 1. The number of aromatic nitrogens is 1. The summed E-state index contributed by atoms with van der Waals surface area (Å²) >= 11 is 0. The van der Waals surface area contributed by atoms with Crippen molar-refractivity contribution in [2.45, 2.75) is 13.0 Å². The van der Waals surface area contributed by atoms with E-state index >= 15 is 0 Å². The van der Waals surface area contributed by atoms with Gasteiger partial charge in [0.05, 0.1) is 0 Å². The average Bonchev–Trinajstić information content (AvgIpc) is 2.89. The quantitative estimate of drug-likeness (QED) is 0.644. The van der Waals surface area contributed by atoms with Crippen LogP contribution in [0.3, 0.4) is 0 Å². The molecule has 0 fully saturated rings. The molecule has 20 heavy (non-hydrogen) atoms. The number of rotatable bonds is 5. The summed E-state index contributed by atoms with van der Waals surface area (Å²) in [5, 5.41) is 6.64. The van der Waals surface area contributed by atoms with Gasteiger partial charge in [-0.25, -0.2) is 0 Å². The Bertz CT molecular complexity index is 543. The topological polar surface area (TPSA) is 41.4 Å². The molecule has 0 spiro atoms. The Kier molecular flexibility index (Phi) is 5.24. The summed E-state index contributed by atoms with van der Waals surface area (Å²) in [6.07, 6.45) is 5.14. The molecule has 0 aliphatic carbocycles. The van der Waals surface area contributed by atoms with Crippen LogP contribution in [0.1, 0.15) is 11.1 Å². The predicted molar refractivity (Wildman–Crippen MR) is 83.8 cm³/mol. The highest BCUT2D eigenvalue weighted by Gasteiger charge is 1.99. The fourth-order valence-electron chi connectivity index (χ4n) is 2.04. The minimum absolute atomic E-state index is 0.784. The molecule has 0 saturated heterocycles. The van der Waals surface area contributed by atoms with Gasteiger partial charge in [-0.2, -0.15) is 0 Å². The fraction of sp³-hybridized carbons (Fsp3) is 0.312. The Morgan fingerprint density at radius 2 is 1.90 bits per heavy atom. The summed E-state index contributed by atoms with van der Waals surface area (Å²) in [5.41, 5.74) is 2.58. The van der Waals surface area contributed by atoms with Gasteiger partial charge in [0.15, 0.2) is 5.96 Å². The minimum atomic E-state index is 0.784. The minimum Gasteiger partial charge on any atom is -0.357 e. The number of benzene rings is 1. The summed E-state index contributed by atoms with van der Waals surface area (Å²) in [5.74, 6) is 0.838. The van der Waals surface area contributed by atoms with Gasteiger partial charge in [0.1, 0.15) is 0 Å². The normalized spacial score (nSPS) is 11.4. The van der Waals surface area contributed by atoms with Crippen molar-refractivity contribution in [1.29, 1.82) is 0 Å². The molecule has 0 amide bonds. The van der Waals surface area contributed by atoms with Crippen molar-refractivity contribution in [3.05, 3.63) is 59.9 Å². The van der Waals surface area contributed by atoms with Crippen LogP contribution in [0.4, 0.5) is 0 Å². The molecular formula is C16H22N4. The summed E-state index contributed by atoms with van der Waals surface area (Å²) in [4.78, 5) is 4.23. The monoisotopic (exact) mass is 270 g/mol. The highest BCUT2D eigenvalue weighted by molar-refractivity contribution is 5.79. The average molecular weight is 270 g/mol. The first kappa shape index (κ1) is 14.2. The molecular weight excluding hydrogens is 248 g/mol. The van der Waals surface area contributed by atoms with Crippen molar-refractivity contribution in [1.82, 2.24) is 15.2 Å². The van der Waals surface area contributed by atoms with Gasteiger partial charge in [0.2, 0.25) is 0 Å². The Morgan fingerprint density at radius 3 is 2.55 bits per heavy atom. The maximum absolute atomic E-state index is 4.23. The molecule has 4 heteroatoms. The number of hydrogen-bond acceptors (Lipinski definition) is 1. The van der Waals surface area contributed by atoms with Crippen molar-refractivity contribution < 1.29 is 0 Å². The molecule has 1 aromatic heterocycles. The summed E-state index contributed by atoms with van der Waals surface area (Å²) < 4.78 is 2.04. The highest BCUT2D eigenvalue weighted by Crippen LogP contribution is 1.99. The molecule has 0 aliphatic rings. The second-order valence-corrected chi connectivity index (χ2v) is 4.77. The van der Waals surface area contributed by atoms with E-state index in [4.69, 9.17) is 0 Å². The third-order valence-electron chi connectivity index (χ3n) is 3.13. The van der Waals surface area contributed by atoms with Gasteiger partial charge in [-0.15, -0.1) is 0 Å². The van der Waals surface area contributed by atoms with Crippen LogP contribution < -0.4 is 10.6 Å². The van der Waals surface area contributed by atoms with Crippen molar-refractivity contribution >= 4 is 5.96 Å². The van der Waals surface area contributed by atoms with Gasteiger partial charge < -0.3 is 15.2 Å². The molecule has 0 aliphatic heterocycles. The zero-order valence-electron chi connectivity index (χ0n) is 12.1. The van der Waals surface area contributed by atoms with Crippen LogP contribution in [-0.4, -0.2) is 24.1 Å². The molecule has 0 atom stereocenters. The molecule has 2 rings (SSSR count). The van der Waals surface area contributed by atoms with Gasteiger partial charge in [0.25, 0.3) is 0 Å². The van der Waals surface area contributed by atoms with Crippen LogP contribution >= 0.6 is 0 Å². The van der Waals surface area contributed by atoms with Crippen LogP contribution in [-0.2, 0) is 20.0 Å². The molecule has 0 radical (unpaired) electrons. The number of aryl methyl sites for hydroxylation is 1. The first-order chi connectivity index (χ1) is 9.78. The van der Waals surface area contributed by atoms with E-state index in [-0.39, 0.29) is 0 Å². The molecule has 106 valence electrons. The third-order valence-corrected chi connectivity index (χ3v) is 3.13. The summed E-state index contributed by atoms with van der Waals surface area (Å²) in [7, 11) is 3.82. The number of hydrogen-bond donors (Lipinski definition) is 2. The standard InChI is InChI=1S/C16H22N4/c1-17-16(19-12-15-9-11-20(2)13-15)18-10-8-14-6-4-3-5-7-14/h3-7,9,11,13H,8,10,12H2,1-2H3,(H2,17,18,19). The van der Waals surface area contributed by atoms with E-state index in [1.165, 1.54) is 11.1 Å². The summed E-state index contributed by atoms with van der Waals surface area (Å²) in [6.45, 7) is 1.66. The Labute approximate surface area is 120 Å².